The summed E-state index contributed by atoms with van der Waals surface area (Å²) in [6.07, 6.45) is -0.275. The molecule has 1 amide bonds. The predicted octanol–water partition coefficient (Wildman–Crippen LogP) is 3.37. The lowest BCUT2D eigenvalue weighted by atomic mass is 10.2. The maximum absolute atomic E-state index is 12.0. The third-order valence-electron chi connectivity index (χ3n) is 3.27. The van der Waals surface area contributed by atoms with Gasteiger partial charge in [-0.05, 0) is 40.3 Å². The van der Waals surface area contributed by atoms with Crippen LogP contribution in [0.3, 0.4) is 0 Å². The van der Waals surface area contributed by atoms with E-state index in [9.17, 15) is 4.79 Å². The second kappa shape index (κ2) is 7.46. The van der Waals surface area contributed by atoms with Gasteiger partial charge in [0.05, 0.1) is 0 Å². The first kappa shape index (κ1) is 17.5. The van der Waals surface area contributed by atoms with Crippen molar-refractivity contribution < 1.29 is 9.53 Å². The van der Waals surface area contributed by atoms with Crippen LogP contribution in [0.5, 0.6) is 0 Å². The largest absolute Gasteiger partial charge is 0.444 e. The molecule has 0 unspecified atom stereocenters. The molecule has 1 aromatic carbocycles. The minimum absolute atomic E-state index is 0.253. The molecular formula is C17H28N2O2. The van der Waals surface area contributed by atoms with Gasteiger partial charge in [-0.3, -0.25) is 4.90 Å². The minimum Gasteiger partial charge on any atom is -0.444 e. The molecule has 0 aliphatic heterocycles. The molecule has 4 nitrogen and oxygen atoms in total. The standard InChI is InChI=1S/C17H28N2O2/c1-14(12-19(6)16(20)21-17(2,3)4)18(5)13-15-10-8-7-9-11-15/h7-11,14H,12-13H2,1-6H3/t14-/m0/s1. The highest BCUT2D eigenvalue weighted by Crippen LogP contribution is 2.11. The average Bonchev–Trinajstić information content (AvgIpc) is 2.37. The molecule has 0 spiro atoms. The van der Waals surface area contributed by atoms with Crippen LogP contribution in [-0.4, -0.2) is 48.2 Å². The molecule has 4 heteroatoms. The molecule has 0 radical (unpaired) electrons. The van der Waals surface area contributed by atoms with E-state index in [0.717, 1.165) is 6.54 Å². The highest BCUT2D eigenvalue weighted by molar-refractivity contribution is 5.67. The van der Waals surface area contributed by atoms with Crippen molar-refractivity contribution in [3.05, 3.63) is 35.9 Å². The van der Waals surface area contributed by atoms with E-state index in [2.05, 4.69) is 31.0 Å². The molecule has 0 saturated carbocycles. The number of likely N-dealkylation sites (N-methyl/N-ethyl adjacent to an activating group) is 2. The normalized spacial score (nSPS) is 13.1. The summed E-state index contributed by atoms with van der Waals surface area (Å²) < 4.78 is 5.37. The van der Waals surface area contributed by atoms with Crippen LogP contribution in [0.15, 0.2) is 30.3 Å². The zero-order valence-corrected chi connectivity index (χ0v) is 14.1. The van der Waals surface area contributed by atoms with Crippen LogP contribution in [-0.2, 0) is 11.3 Å². The average molecular weight is 292 g/mol. The SMILES string of the molecule is C[C@@H](CN(C)C(=O)OC(C)(C)C)N(C)Cc1ccccc1. The minimum atomic E-state index is -0.454. The summed E-state index contributed by atoms with van der Waals surface area (Å²) in [7, 11) is 3.85. The Balaban J connectivity index is 2.48. The van der Waals surface area contributed by atoms with E-state index in [1.54, 1.807) is 11.9 Å². The van der Waals surface area contributed by atoms with Crippen molar-refractivity contribution in [3.63, 3.8) is 0 Å². The molecule has 0 saturated heterocycles. The molecule has 1 rings (SSSR count). The van der Waals surface area contributed by atoms with Crippen LogP contribution < -0.4 is 0 Å². The lowest BCUT2D eigenvalue weighted by Crippen LogP contribution is -2.42. The fourth-order valence-corrected chi connectivity index (χ4v) is 1.98. The number of benzene rings is 1. The van der Waals surface area contributed by atoms with Crippen molar-refractivity contribution in [1.82, 2.24) is 9.80 Å². The van der Waals surface area contributed by atoms with E-state index in [1.165, 1.54) is 5.56 Å². The van der Waals surface area contributed by atoms with Gasteiger partial charge in [-0.2, -0.15) is 0 Å². The van der Waals surface area contributed by atoms with Crippen molar-refractivity contribution in [2.45, 2.75) is 45.9 Å². The highest BCUT2D eigenvalue weighted by Gasteiger charge is 2.21. The molecule has 1 atom stereocenters. The summed E-state index contributed by atoms with van der Waals surface area (Å²) in [6.45, 7) is 9.25. The van der Waals surface area contributed by atoms with Gasteiger partial charge >= 0.3 is 6.09 Å². The zero-order chi connectivity index (χ0) is 16.0. The molecule has 0 fully saturated rings. The van der Waals surface area contributed by atoms with Gasteiger partial charge in [-0.25, -0.2) is 4.79 Å². The molecule has 21 heavy (non-hydrogen) atoms. The summed E-state index contributed by atoms with van der Waals surface area (Å²) in [5.74, 6) is 0. The maximum atomic E-state index is 12.0. The van der Waals surface area contributed by atoms with Gasteiger partial charge in [0.2, 0.25) is 0 Å². The predicted molar refractivity (Wildman–Crippen MR) is 86.2 cm³/mol. The van der Waals surface area contributed by atoms with Gasteiger partial charge < -0.3 is 9.64 Å². The Bertz CT molecular complexity index is 440. The lowest BCUT2D eigenvalue weighted by molar-refractivity contribution is 0.0256. The van der Waals surface area contributed by atoms with Gasteiger partial charge in [0.1, 0.15) is 5.60 Å². The Morgan fingerprint density at radius 3 is 2.29 bits per heavy atom. The van der Waals surface area contributed by atoms with Gasteiger partial charge in [0, 0.05) is 26.2 Å². The molecule has 0 N–H and O–H groups in total. The van der Waals surface area contributed by atoms with Gasteiger partial charge in [-0.15, -0.1) is 0 Å². The molecular weight excluding hydrogens is 264 g/mol. The second-order valence-electron chi connectivity index (χ2n) is 6.61. The Labute approximate surface area is 128 Å². The molecule has 0 heterocycles. The summed E-state index contributed by atoms with van der Waals surface area (Å²) in [6, 6.07) is 10.6. The molecule has 0 aliphatic carbocycles. The van der Waals surface area contributed by atoms with Crippen LogP contribution in [0, 0.1) is 0 Å². The smallest absolute Gasteiger partial charge is 0.410 e. The second-order valence-corrected chi connectivity index (χ2v) is 6.61. The van der Waals surface area contributed by atoms with Crippen molar-refractivity contribution in [2.24, 2.45) is 0 Å². The third kappa shape index (κ3) is 6.63. The first-order valence-electron chi connectivity index (χ1n) is 7.37. The van der Waals surface area contributed by atoms with E-state index >= 15 is 0 Å². The van der Waals surface area contributed by atoms with Gasteiger partial charge in [0.15, 0.2) is 0 Å². The summed E-state index contributed by atoms with van der Waals surface area (Å²) in [5.41, 5.74) is 0.816. The number of rotatable bonds is 5. The topological polar surface area (TPSA) is 32.8 Å². The molecule has 1 aromatic rings. The maximum Gasteiger partial charge on any atom is 0.410 e. The van der Waals surface area contributed by atoms with E-state index in [0.29, 0.717) is 6.54 Å². The number of carbonyl (C=O) groups is 1. The van der Waals surface area contributed by atoms with Crippen LogP contribution >= 0.6 is 0 Å². The van der Waals surface area contributed by atoms with Crippen LogP contribution in [0.25, 0.3) is 0 Å². The first-order valence-corrected chi connectivity index (χ1v) is 7.37. The number of amides is 1. The number of ether oxygens (including phenoxy) is 1. The Kier molecular flexibility index (Phi) is 6.21. The monoisotopic (exact) mass is 292 g/mol. The summed E-state index contributed by atoms with van der Waals surface area (Å²) in [4.78, 5) is 15.8. The highest BCUT2D eigenvalue weighted by atomic mass is 16.6. The summed E-state index contributed by atoms with van der Waals surface area (Å²) in [5, 5.41) is 0. The van der Waals surface area contributed by atoms with Crippen molar-refractivity contribution in [1.29, 1.82) is 0 Å². The van der Waals surface area contributed by atoms with Crippen molar-refractivity contribution >= 4 is 6.09 Å². The van der Waals surface area contributed by atoms with Crippen LogP contribution in [0.2, 0.25) is 0 Å². The first-order chi connectivity index (χ1) is 9.69. The van der Waals surface area contributed by atoms with E-state index < -0.39 is 5.60 Å². The zero-order valence-electron chi connectivity index (χ0n) is 14.1. The van der Waals surface area contributed by atoms with E-state index in [-0.39, 0.29) is 12.1 Å². The van der Waals surface area contributed by atoms with Crippen molar-refractivity contribution in [2.75, 3.05) is 20.6 Å². The fraction of sp³-hybridized carbons (Fsp3) is 0.588. The van der Waals surface area contributed by atoms with E-state index in [1.807, 2.05) is 39.0 Å². The number of nitrogens with zero attached hydrogens (tertiary/aromatic N) is 2. The Morgan fingerprint density at radius 1 is 1.19 bits per heavy atom. The molecule has 0 aliphatic rings. The van der Waals surface area contributed by atoms with E-state index in [4.69, 9.17) is 4.74 Å². The molecule has 0 bridgehead atoms. The Morgan fingerprint density at radius 2 is 1.76 bits per heavy atom. The van der Waals surface area contributed by atoms with Gasteiger partial charge in [0.25, 0.3) is 0 Å². The summed E-state index contributed by atoms with van der Waals surface area (Å²) >= 11 is 0. The molecule has 0 aromatic heterocycles. The lowest BCUT2D eigenvalue weighted by Gasteiger charge is -2.30. The van der Waals surface area contributed by atoms with Crippen LogP contribution in [0.4, 0.5) is 4.79 Å². The van der Waals surface area contributed by atoms with Gasteiger partial charge in [-0.1, -0.05) is 30.3 Å². The third-order valence-corrected chi connectivity index (χ3v) is 3.27. The number of carbonyl (C=O) groups excluding carboxylic acids is 1. The molecule has 118 valence electrons. The fourth-order valence-electron chi connectivity index (χ4n) is 1.98. The number of hydrogen-bond donors (Lipinski definition) is 0. The Hall–Kier alpha value is -1.55. The van der Waals surface area contributed by atoms with Crippen molar-refractivity contribution in [3.8, 4) is 0 Å². The quantitative estimate of drug-likeness (QED) is 0.834. The number of hydrogen-bond acceptors (Lipinski definition) is 3. The van der Waals surface area contributed by atoms with Crippen LogP contribution in [0.1, 0.15) is 33.3 Å².